The van der Waals surface area contributed by atoms with Crippen molar-refractivity contribution in [1.82, 2.24) is 14.4 Å². The predicted molar refractivity (Wildman–Crippen MR) is 143 cm³/mol. The summed E-state index contributed by atoms with van der Waals surface area (Å²) < 4.78 is 2.12. The molecule has 1 aromatic heterocycles. The zero-order valence-electron chi connectivity index (χ0n) is 21.7. The number of rotatable bonds is 6. The monoisotopic (exact) mass is 474 g/mol. The van der Waals surface area contributed by atoms with E-state index in [0.717, 1.165) is 54.9 Å². The Morgan fingerprint density at radius 1 is 0.971 bits per heavy atom. The Bertz CT molecular complexity index is 1210. The van der Waals surface area contributed by atoms with Crippen molar-refractivity contribution in [1.29, 1.82) is 0 Å². The van der Waals surface area contributed by atoms with E-state index in [1.54, 1.807) is 0 Å². The van der Waals surface area contributed by atoms with Crippen LogP contribution in [0.3, 0.4) is 0 Å². The van der Waals surface area contributed by atoms with Gasteiger partial charge in [-0.1, -0.05) is 57.5 Å². The van der Waals surface area contributed by atoms with E-state index < -0.39 is 0 Å². The van der Waals surface area contributed by atoms with Gasteiger partial charge in [-0.05, 0) is 48.7 Å². The number of nitrogens with zero attached hydrogens (tertiary/aromatic N) is 3. The van der Waals surface area contributed by atoms with Gasteiger partial charge in [-0.15, -0.1) is 0 Å². The zero-order valence-corrected chi connectivity index (χ0v) is 21.7. The van der Waals surface area contributed by atoms with Crippen molar-refractivity contribution < 1.29 is 9.59 Å². The second kappa shape index (κ2) is 10.2. The average Bonchev–Trinajstić information content (AvgIpc) is 3.15. The summed E-state index contributed by atoms with van der Waals surface area (Å²) in [5, 5.41) is 3.99. The Hall–Kier alpha value is -3.12. The molecule has 0 spiro atoms. The van der Waals surface area contributed by atoms with Crippen molar-refractivity contribution in [3.63, 3.8) is 0 Å². The highest BCUT2D eigenvalue weighted by atomic mass is 16.2. The van der Waals surface area contributed by atoms with Crippen LogP contribution in [0.1, 0.15) is 55.7 Å². The molecule has 6 nitrogen and oxygen atoms in total. The maximum absolute atomic E-state index is 13.7. The largest absolute Gasteiger partial charge is 0.335 e. The summed E-state index contributed by atoms with van der Waals surface area (Å²) in [4.78, 5) is 30.5. The van der Waals surface area contributed by atoms with E-state index in [-0.39, 0.29) is 17.2 Å². The molecule has 35 heavy (non-hydrogen) atoms. The fourth-order valence-electron chi connectivity index (χ4n) is 4.81. The number of fused-ring (bicyclic) bond motifs is 1. The fraction of sp³-hybridized carbons (Fsp3) is 0.448. The van der Waals surface area contributed by atoms with Gasteiger partial charge in [-0.2, -0.15) is 0 Å². The lowest BCUT2D eigenvalue weighted by molar-refractivity contribution is -0.117. The molecule has 1 aliphatic rings. The van der Waals surface area contributed by atoms with Crippen LogP contribution < -0.4 is 5.32 Å². The molecule has 0 saturated carbocycles. The van der Waals surface area contributed by atoms with Crippen LogP contribution in [0.15, 0.2) is 48.5 Å². The number of benzene rings is 2. The summed E-state index contributed by atoms with van der Waals surface area (Å²) in [5.74, 6) is 0.0732. The van der Waals surface area contributed by atoms with Crippen LogP contribution in [0.4, 0.5) is 5.69 Å². The van der Waals surface area contributed by atoms with Gasteiger partial charge in [0.05, 0.1) is 0 Å². The number of piperazine rings is 1. The van der Waals surface area contributed by atoms with Crippen LogP contribution in [0.2, 0.25) is 0 Å². The molecule has 0 aliphatic carbocycles. The first-order valence-corrected chi connectivity index (χ1v) is 12.6. The van der Waals surface area contributed by atoms with Gasteiger partial charge in [0.1, 0.15) is 5.69 Å². The molecule has 3 aromatic rings. The lowest BCUT2D eigenvalue weighted by Gasteiger charge is -2.34. The van der Waals surface area contributed by atoms with Crippen molar-refractivity contribution in [2.45, 2.75) is 47.6 Å². The number of carbonyl (C=O) groups is 2. The maximum atomic E-state index is 13.7. The van der Waals surface area contributed by atoms with Gasteiger partial charge in [-0.3, -0.25) is 9.59 Å². The third-order valence-corrected chi connectivity index (χ3v) is 6.62. The Morgan fingerprint density at radius 3 is 2.37 bits per heavy atom. The number of aromatic nitrogens is 1. The van der Waals surface area contributed by atoms with E-state index in [9.17, 15) is 9.59 Å². The molecule has 1 aliphatic heterocycles. The SMILES string of the molecule is CCN1CCN(C(=O)c2cc3cc(NC(=O)CC(C)(C)C)ccc3n2Cc2cccc(C)c2)CC1. The van der Waals surface area contributed by atoms with E-state index in [4.69, 9.17) is 0 Å². The first kappa shape index (κ1) is 25.0. The molecule has 186 valence electrons. The van der Waals surface area contributed by atoms with Gasteiger partial charge in [0.15, 0.2) is 0 Å². The summed E-state index contributed by atoms with van der Waals surface area (Å²) in [6, 6.07) is 16.3. The smallest absolute Gasteiger partial charge is 0.270 e. The second-order valence-corrected chi connectivity index (χ2v) is 10.9. The highest BCUT2D eigenvalue weighted by Gasteiger charge is 2.25. The summed E-state index contributed by atoms with van der Waals surface area (Å²) >= 11 is 0. The quantitative estimate of drug-likeness (QED) is 0.538. The first-order valence-electron chi connectivity index (χ1n) is 12.6. The predicted octanol–water partition coefficient (Wildman–Crippen LogP) is 5.15. The van der Waals surface area contributed by atoms with Crippen molar-refractivity contribution >= 4 is 28.4 Å². The Kier molecular flexibility index (Phi) is 7.31. The van der Waals surface area contributed by atoms with Gasteiger partial charge < -0.3 is 19.7 Å². The fourth-order valence-corrected chi connectivity index (χ4v) is 4.81. The topological polar surface area (TPSA) is 57.6 Å². The molecule has 0 atom stereocenters. The second-order valence-electron chi connectivity index (χ2n) is 10.9. The van der Waals surface area contributed by atoms with E-state index in [1.807, 2.05) is 29.2 Å². The molecule has 2 aromatic carbocycles. The van der Waals surface area contributed by atoms with Gasteiger partial charge >= 0.3 is 0 Å². The first-order chi connectivity index (χ1) is 16.6. The van der Waals surface area contributed by atoms with Crippen molar-refractivity contribution in [3.05, 3.63) is 65.4 Å². The molecule has 1 fully saturated rings. The number of likely N-dealkylation sites (N-methyl/N-ethyl adjacent to an activating group) is 1. The molecule has 2 heterocycles. The lowest BCUT2D eigenvalue weighted by atomic mass is 9.92. The van der Waals surface area contributed by atoms with Crippen LogP contribution in [0.25, 0.3) is 10.9 Å². The summed E-state index contributed by atoms with van der Waals surface area (Å²) in [6.07, 6.45) is 0.451. The highest BCUT2D eigenvalue weighted by Crippen LogP contribution is 2.27. The minimum atomic E-state index is -0.0767. The zero-order chi connectivity index (χ0) is 25.2. The van der Waals surface area contributed by atoms with Gasteiger partial charge in [0, 0.05) is 55.7 Å². The molecular weight excluding hydrogens is 436 g/mol. The molecule has 4 rings (SSSR count). The average molecular weight is 475 g/mol. The number of aryl methyl sites for hydroxylation is 1. The van der Waals surface area contributed by atoms with Crippen LogP contribution >= 0.6 is 0 Å². The van der Waals surface area contributed by atoms with E-state index in [2.05, 4.69) is 73.7 Å². The molecule has 6 heteroatoms. The highest BCUT2D eigenvalue weighted by molar-refractivity contribution is 6.00. The number of hydrogen-bond donors (Lipinski definition) is 1. The Balaban J connectivity index is 1.67. The summed E-state index contributed by atoms with van der Waals surface area (Å²) in [7, 11) is 0. The van der Waals surface area contributed by atoms with E-state index in [1.165, 1.54) is 5.56 Å². The molecule has 1 N–H and O–H groups in total. The number of carbonyl (C=O) groups excluding carboxylic acids is 2. The molecular formula is C29H38N4O2. The molecule has 0 unspecified atom stereocenters. The standard InChI is InChI=1S/C29H38N4O2/c1-6-31-12-14-32(15-13-31)28(35)26-18-23-17-24(30-27(34)19-29(3,4)5)10-11-25(23)33(26)20-22-9-7-8-21(2)16-22/h7-11,16-18H,6,12-15,19-20H2,1-5H3,(H,30,34). The normalized spacial score (nSPS) is 14.9. The summed E-state index contributed by atoms with van der Waals surface area (Å²) in [5.41, 5.74) is 4.74. The third-order valence-electron chi connectivity index (χ3n) is 6.62. The number of nitrogens with one attached hydrogen (secondary N) is 1. The van der Waals surface area contributed by atoms with E-state index >= 15 is 0 Å². The van der Waals surface area contributed by atoms with Crippen LogP contribution in [0, 0.1) is 12.3 Å². The lowest BCUT2D eigenvalue weighted by Crippen LogP contribution is -2.48. The number of anilines is 1. The maximum Gasteiger partial charge on any atom is 0.270 e. The number of hydrogen-bond acceptors (Lipinski definition) is 3. The van der Waals surface area contributed by atoms with Crippen molar-refractivity contribution in [3.8, 4) is 0 Å². The number of amides is 2. The Labute approximate surface area is 208 Å². The van der Waals surface area contributed by atoms with Gasteiger partial charge in [0.25, 0.3) is 5.91 Å². The van der Waals surface area contributed by atoms with Crippen LogP contribution in [-0.2, 0) is 11.3 Å². The molecule has 0 bridgehead atoms. The van der Waals surface area contributed by atoms with Crippen LogP contribution in [-0.4, -0.2) is 58.9 Å². The molecule has 0 radical (unpaired) electrons. The van der Waals surface area contributed by atoms with Crippen LogP contribution in [0.5, 0.6) is 0 Å². The van der Waals surface area contributed by atoms with Gasteiger partial charge in [0.2, 0.25) is 5.91 Å². The van der Waals surface area contributed by atoms with Crippen molar-refractivity contribution in [2.75, 3.05) is 38.0 Å². The van der Waals surface area contributed by atoms with E-state index in [0.29, 0.717) is 18.7 Å². The third kappa shape index (κ3) is 6.12. The molecule has 1 saturated heterocycles. The summed E-state index contributed by atoms with van der Waals surface area (Å²) in [6.45, 7) is 15.3. The Morgan fingerprint density at radius 2 is 1.71 bits per heavy atom. The molecule has 2 amide bonds. The van der Waals surface area contributed by atoms with Gasteiger partial charge in [-0.25, -0.2) is 0 Å². The van der Waals surface area contributed by atoms with Crippen molar-refractivity contribution in [2.24, 2.45) is 5.41 Å². The minimum absolute atomic E-state index is 0.00105. The minimum Gasteiger partial charge on any atom is -0.335 e.